The topological polar surface area (TPSA) is 46.4 Å². The van der Waals surface area contributed by atoms with Crippen molar-refractivity contribution in [3.63, 3.8) is 0 Å². The van der Waals surface area contributed by atoms with Crippen LogP contribution in [0, 0.1) is 5.92 Å². The number of carbonyl (C=O) groups is 1. The van der Waals surface area contributed by atoms with E-state index in [2.05, 4.69) is 10.3 Å². The van der Waals surface area contributed by atoms with Gasteiger partial charge in [-0.1, -0.05) is 18.2 Å². The highest BCUT2D eigenvalue weighted by atomic mass is 32.1. The number of hydrogen-bond donors (Lipinski definition) is 1. The van der Waals surface area contributed by atoms with E-state index in [0.717, 1.165) is 16.7 Å². The molecule has 1 fully saturated rings. The van der Waals surface area contributed by atoms with Crippen LogP contribution in [0.3, 0.4) is 0 Å². The maximum absolute atomic E-state index is 13.1. The lowest BCUT2D eigenvalue weighted by atomic mass is 10.0. The molecule has 4 rings (SSSR count). The van der Waals surface area contributed by atoms with Crippen molar-refractivity contribution in [3.8, 4) is 0 Å². The minimum atomic E-state index is -4.40. The molecule has 0 saturated heterocycles. The standard InChI is InChI=1S/C17H14F3N3OS/c18-17(19,20)14-4-2-1-3-11(14)12-7-13(12)15(24)21-8-10-9-23-5-6-25-16(23)22-10/h1-6,9,12-13H,7-8H2,(H,21,24). The van der Waals surface area contributed by atoms with Gasteiger partial charge in [0, 0.05) is 23.7 Å². The predicted octanol–water partition coefficient (Wildman–Crippen LogP) is 3.83. The first kappa shape index (κ1) is 16.1. The lowest BCUT2D eigenvalue weighted by Gasteiger charge is -2.12. The van der Waals surface area contributed by atoms with Gasteiger partial charge in [0.05, 0.1) is 17.8 Å². The molecule has 2 unspecified atom stereocenters. The summed E-state index contributed by atoms with van der Waals surface area (Å²) >= 11 is 1.50. The fourth-order valence-electron chi connectivity index (χ4n) is 3.08. The highest BCUT2D eigenvalue weighted by Gasteiger charge is 2.47. The second-order valence-corrected chi connectivity index (χ2v) is 6.95. The third kappa shape index (κ3) is 3.13. The molecular formula is C17H14F3N3OS. The van der Waals surface area contributed by atoms with Crippen LogP contribution in [0.1, 0.15) is 29.2 Å². The number of imidazole rings is 1. The van der Waals surface area contributed by atoms with Gasteiger partial charge in [-0.25, -0.2) is 4.98 Å². The molecule has 1 amide bonds. The first-order chi connectivity index (χ1) is 11.9. The molecule has 2 atom stereocenters. The van der Waals surface area contributed by atoms with Crippen LogP contribution in [-0.4, -0.2) is 15.3 Å². The van der Waals surface area contributed by atoms with Crippen molar-refractivity contribution in [2.24, 2.45) is 5.92 Å². The van der Waals surface area contributed by atoms with E-state index in [4.69, 9.17) is 0 Å². The Hall–Kier alpha value is -2.35. The summed E-state index contributed by atoms with van der Waals surface area (Å²) in [6.07, 6.45) is -0.252. The zero-order valence-electron chi connectivity index (χ0n) is 13.0. The SMILES string of the molecule is O=C(NCc1cn2ccsc2n1)C1CC1c1ccccc1C(F)(F)F. The Balaban J connectivity index is 1.41. The zero-order chi connectivity index (χ0) is 17.6. The summed E-state index contributed by atoms with van der Waals surface area (Å²) in [5.41, 5.74) is 0.287. The van der Waals surface area contributed by atoms with Gasteiger partial charge in [-0.15, -0.1) is 11.3 Å². The molecular weight excluding hydrogens is 351 g/mol. The van der Waals surface area contributed by atoms with Crippen LogP contribution < -0.4 is 5.32 Å². The molecule has 1 aromatic carbocycles. The van der Waals surface area contributed by atoms with Gasteiger partial charge in [-0.05, 0) is 24.0 Å². The minimum Gasteiger partial charge on any atom is -0.350 e. The Morgan fingerprint density at radius 1 is 1.36 bits per heavy atom. The van der Waals surface area contributed by atoms with Crippen LogP contribution in [0.25, 0.3) is 4.96 Å². The van der Waals surface area contributed by atoms with E-state index in [1.54, 1.807) is 6.07 Å². The van der Waals surface area contributed by atoms with Gasteiger partial charge in [0.1, 0.15) is 0 Å². The summed E-state index contributed by atoms with van der Waals surface area (Å²) in [6, 6.07) is 5.48. The Morgan fingerprint density at radius 3 is 2.92 bits per heavy atom. The Labute approximate surface area is 145 Å². The first-order valence-corrected chi connectivity index (χ1v) is 8.66. The van der Waals surface area contributed by atoms with Crippen molar-refractivity contribution in [1.82, 2.24) is 14.7 Å². The maximum atomic E-state index is 13.1. The van der Waals surface area contributed by atoms with Crippen LogP contribution in [0.15, 0.2) is 42.0 Å². The number of nitrogens with zero attached hydrogens (tertiary/aromatic N) is 2. The van der Waals surface area contributed by atoms with E-state index in [1.165, 1.54) is 23.5 Å². The quantitative estimate of drug-likeness (QED) is 0.764. The molecule has 0 bridgehead atoms. The summed E-state index contributed by atoms with van der Waals surface area (Å²) in [7, 11) is 0. The molecule has 1 aliphatic rings. The maximum Gasteiger partial charge on any atom is 0.416 e. The molecule has 0 spiro atoms. The van der Waals surface area contributed by atoms with E-state index in [9.17, 15) is 18.0 Å². The summed E-state index contributed by atoms with van der Waals surface area (Å²) < 4.78 is 41.2. The smallest absolute Gasteiger partial charge is 0.350 e. The fourth-order valence-corrected chi connectivity index (χ4v) is 3.80. The normalized spacial score (nSPS) is 20.0. The van der Waals surface area contributed by atoms with Crippen molar-refractivity contribution in [2.45, 2.75) is 25.1 Å². The molecule has 3 aromatic rings. The number of nitrogens with one attached hydrogen (secondary N) is 1. The highest BCUT2D eigenvalue weighted by Crippen LogP contribution is 2.51. The number of fused-ring (bicyclic) bond motifs is 1. The molecule has 1 N–H and O–H groups in total. The lowest BCUT2D eigenvalue weighted by Crippen LogP contribution is -2.25. The summed E-state index contributed by atoms with van der Waals surface area (Å²) in [4.78, 5) is 17.5. The summed E-state index contributed by atoms with van der Waals surface area (Å²) in [5, 5.41) is 4.69. The van der Waals surface area contributed by atoms with Crippen molar-refractivity contribution in [1.29, 1.82) is 0 Å². The molecule has 4 nitrogen and oxygen atoms in total. The van der Waals surface area contributed by atoms with Gasteiger partial charge in [0.15, 0.2) is 4.96 Å². The number of benzene rings is 1. The van der Waals surface area contributed by atoms with E-state index in [-0.39, 0.29) is 23.9 Å². The molecule has 2 aromatic heterocycles. The summed E-state index contributed by atoms with van der Waals surface area (Å²) in [6.45, 7) is 0.275. The lowest BCUT2D eigenvalue weighted by molar-refractivity contribution is -0.138. The number of aromatic nitrogens is 2. The highest BCUT2D eigenvalue weighted by molar-refractivity contribution is 7.15. The fraction of sp³-hybridized carbons (Fsp3) is 0.294. The third-order valence-corrected chi connectivity index (χ3v) is 5.15. The van der Waals surface area contributed by atoms with E-state index >= 15 is 0 Å². The number of rotatable bonds is 4. The summed E-state index contributed by atoms with van der Waals surface area (Å²) in [5.74, 6) is -1.01. The largest absolute Gasteiger partial charge is 0.416 e. The number of carbonyl (C=O) groups excluding carboxylic acids is 1. The van der Waals surface area contributed by atoms with E-state index in [1.807, 2.05) is 22.2 Å². The molecule has 25 heavy (non-hydrogen) atoms. The second-order valence-electron chi connectivity index (χ2n) is 6.08. The van der Waals surface area contributed by atoms with Gasteiger partial charge in [-0.2, -0.15) is 13.2 Å². The first-order valence-electron chi connectivity index (χ1n) is 7.78. The van der Waals surface area contributed by atoms with Crippen LogP contribution in [-0.2, 0) is 17.5 Å². The van der Waals surface area contributed by atoms with Gasteiger partial charge in [0.2, 0.25) is 5.91 Å². The Kier molecular flexibility index (Phi) is 3.79. The average Bonchev–Trinajstić information content (AvgIpc) is 3.10. The number of alkyl halides is 3. The van der Waals surface area contributed by atoms with E-state index in [0.29, 0.717) is 6.42 Å². The van der Waals surface area contributed by atoms with Gasteiger partial charge >= 0.3 is 6.18 Å². The van der Waals surface area contributed by atoms with Crippen LogP contribution >= 0.6 is 11.3 Å². The van der Waals surface area contributed by atoms with Crippen LogP contribution in [0.5, 0.6) is 0 Å². The van der Waals surface area contributed by atoms with E-state index < -0.39 is 17.7 Å². The molecule has 1 saturated carbocycles. The van der Waals surface area contributed by atoms with Crippen molar-refractivity contribution >= 4 is 22.2 Å². The van der Waals surface area contributed by atoms with Gasteiger partial charge < -0.3 is 5.32 Å². The zero-order valence-corrected chi connectivity index (χ0v) is 13.8. The number of hydrogen-bond acceptors (Lipinski definition) is 3. The van der Waals surface area contributed by atoms with Gasteiger partial charge in [-0.3, -0.25) is 9.20 Å². The number of thiazole rings is 1. The van der Waals surface area contributed by atoms with Crippen molar-refractivity contribution in [3.05, 3.63) is 58.9 Å². The molecule has 2 heterocycles. The molecule has 0 aliphatic heterocycles. The molecule has 1 aliphatic carbocycles. The molecule has 8 heteroatoms. The molecule has 130 valence electrons. The number of halogens is 3. The predicted molar refractivity (Wildman–Crippen MR) is 87.2 cm³/mol. The van der Waals surface area contributed by atoms with Crippen LogP contribution in [0.2, 0.25) is 0 Å². The molecule has 0 radical (unpaired) electrons. The third-order valence-electron chi connectivity index (χ3n) is 4.38. The van der Waals surface area contributed by atoms with Crippen molar-refractivity contribution in [2.75, 3.05) is 0 Å². The Morgan fingerprint density at radius 2 is 2.16 bits per heavy atom. The second kappa shape index (κ2) is 5.87. The average molecular weight is 365 g/mol. The minimum absolute atomic E-state index is 0.206. The Bertz CT molecular complexity index is 902. The number of amides is 1. The van der Waals surface area contributed by atoms with Gasteiger partial charge in [0.25, 0.3) is 0 Å². The van der Waals surface area contributed by atoms with Crippen LogP contribution in [0.4, 0.5) is 13.2 Å². The van der Waals surface area contributed by atoms with Crippen molar-refractivity contribution < 1.29 is 18.0 Å². The monoisotopic (exact) mass is 365 g/mol.